The molecular weight excluding hydrogens is 417 g/mol. The average Bonchev–Trinajstić information content (AvgIpc) is 2.68. The van der Waals surface area contributed by atoms with E-state index < -0.39 is 46.8 Å². The van der Waals surface area contributed by atoms with Gasteiger partial charge < -0.3 is 18.9 Å². The van der Waals surface area contributed by atoms with Crippen LogP contribution in [0.3, 0.4) is 0 Å². The van der Waals surface area contributed by atoms with Crippen LogP contribution in [-0.4, -0.2) is 36.2 Å². The third-order valence-electron chi connectivity index (χ3n) is 4.21. The van der Waals surface area contributed by atoms with E-state index in [1.54, 1.807) is 18.2 Å². The van der Waals surface area contributed by atoms with Crippen molar-refractivity contribution in [2.75, 3.05) is 18.6 Å². The topological polar surface area (TPSA) is 77.8 Å². The van der Waals surface area contributed by atoms with E-state index in [-0.39, 0.29) is 12.3 Å². The number of nitrogens with zero attached hydrogens (tertiary/aromatic N) is 2. The number of carbonyl (C=O) groups is 2. The van der Waals surface area contributed by atoms with Gasteiger partial charge in [-0.15, -0.1) is 0 Å². The number of para-hydroxylation sites is 2. The summed E-state index contributed by atoms with van der Waals surface area (Å²) in [7, 11) is 1.16. The van der Waals surface area contributed by atoms with Gasteiger partial charge >= 0.3 is 12.1 Å². The summed E-state index contributed by atoms with van der Waals surface area (Å²) in [6.45, 7) is -0.950. The van der Waals surface area contributed by atoms with Crippen molar-refractivity contribution in [1.82, 2.24) is 4.57 Å². The smallest absolute Gasteiger partial charge is 0.417 e. The van der Waals surface area contributed by atoms with E-state index in [2.05, 4.69) is 4.74 Å². The zero-order valence-electron chi connectivity index (χ0n) is 14.9. The predicted octanol–water partition coefficient (Wildman–Crippen LogP) is 2.49. The second-order valence-corrected chi connectivity index (χ2v) is 6.52. The van der Waals surface area contributed by atoms with Crippen molar-refractivity contribution >= 4 is 29.2 Å². The van der Waals surface area contributed by atoms with Crippen molar-refractivity contribution in [3.8, 4) is 5.75 Å². The van der Waals surface area contributed by atoms with Gasteiger partial charge in [0.05, 0.1) is 24.9 Å². The van der Waals surface area contributed by atoms with Gasteiger partial charge in [-0.1, -0.05) is 23.7 Å². The van der Waals surface area contributed by atoms with E-state index in [9.17, 15) is 27.6 Å². The fraction of sp³-hybridized carbons (Fsp3) is 0.278. The lowest BCUT2D eigenvalue weighted by Gasteiger charge is -2.33. The Labute approximate surface area is 167 Å². The quantitative estimate of drug-likeness (QED) is 0.699. The molecule has 11 heteroatoms. The minimum Gasteiger partial charge on any atom is -0.475 e. The van der Waals surface area contributed by atoms with Gasteiger partial charge in [-0.05, 0) is 18.2 Å². The molecule has 1 aliphatic heterocycles. The number of carbonyl (C=O) groups excluding carboxylic acids is 2. The Kier molecular flexibility index (Phi) is 5.56. The molecule has 0 spiro atoms. The van der Waals surface area contributed by atoms with Crippen molar-refractivity contribution in [3.05, 3.63) is 57.5 Å². The first-order chi connectivity index (χ1) is 13.6. The number of aromatic nitrogens is 1. The van der Waals surface area contributed by atoms with Crippen LogP contribution in [0.5, 0.6) is 5.75 Å². The van der Waals surface area contributed by atoms with Crippen LogP contribution in [-0.2, 0) is 27.0 Å². The van der Waals surface area contributed by atoms with Crippen molar-refractivity contribution < 1.29 is 32.2 Å². The Bertz CT molecular complexity index is 1020. The standard InChI is InChI=1S/C18H14ClF3N2O5/c1-28-17(27)14-8-24(12-4-2-3-5-13(12)29-14)15(25)9-23-7-10(18(20,21)22)6-11(19)16(23)26/h2-7,14H,8-9H2,1H3/t14-/m0/s1. The van der Waals surface area contributed by atoms with E-state index in [1.165, 1.54) is 6.07 Å². The van der Waals surface area contributed by atoms with Gasteiger partial charge in [-0.3, -0.25) is 9.59 Å². The first kappa shape index (κ1) is 20.7. The van der Waals surface area contributed by atoms with Gasteiger partial charge in [0, 0.05) is 6.20 Å². The monoisotopic (exact) mass is 430 g/mol. The summed E-state index contributed by atoms with van der Waals surface area (Å²) in [5.74, 6) is -1.24. The maximum absolute atomic E-state index is 13.0. The van der Waals surface area contributed by atoms with Crippen LogP contribution in [0.1, 0.15) is 5.56 Å². The number of methoxy groups -OCH3 is 1. The lowest BCUT2D eigenvalue weighted by Crippen LogP contribution is -2.49. The number of ether oxygens (including phenoxy) is 2. The number of fused-ring (bicyclic) bond motifs is 1. The fourth-order valence-corrected chi connectivity index (χ4v) is 3.05. The Morgan fingerprint density at radius 2 is 2.00 bits per heavy atom. The van der Waals surface area contributed by atoms with Crippen LogP contribution in [0.15, 0.2) is 41.3 Å². The number of hydrogen-bond acceptors (Lipinski definition) is 5. The molecule has 0 N–H and O–H groups in total. The highest BCUT2D eigenvalue weighted by Crippen LogP contribution is 2.34. The number of anilines is 1. The molecule has 0 unspecified atom stereocenters. The average molecular weight is 431 g/mol. The molecule has 2 heterocycles. The molecule has 2 aromatic rings. The first-order valence-electron chi connectivity index (χ1n) is 8.23. The molecule has 0 bridgehead atoms. The van der Waals surface area contributed by atoms with E-state index >= 15 is 0 Å². The third kappa shape index (κ3) is 4.21. The number of esters is 1. The van der Waals surface area contributed by atoms with Crippen LogP contribution >= 0.6 is 11.6 Å². The highest BCUT2D eigenvalue weighted by atomic mass is 35.5. The van der Waals surface area contributed by atoms with Crippen molar-refractivity contribution in [2.24, 2.45) is 0 Å². The van der Waals surface area contributed by atoms with Crippen LogP contribution in [0.2, 0.25) is 5.02 Å². The van der Waals surface area contributed by atoms with Crippen LogP contribution < -0.4 is 15.2 Å². The van der Waals surface area contributed by atoms with E-state index in [0.717, 1.165) is 12.0 Å². The van der Waals surface area contributed by atoms with E-state index in [4.69, 9.17) is 16.3 Å². The van der Waals surface area contributed by atoms with Gasteiger partial charge in [-0.2, -0.15) is 13.2 Å². The number of halogens is 4. The third-order valence-corrected chi connectivity index (χ3v) is 4.48. The number of alkyl halides is 3. The van der Waals surface area contributed by atoms with Gasteiger partial charge in [0.2, 0.25) is 12.0 Å². The zero-order valence-corrected chi connectivity index (χ0v) is 15.7. The molecule has 1 aromatic heterocycles. The molecule has 0 radical (unpaired) electrons. The number of pyridine rings is 1. The SMILES string of the molecule is COC(=O)[C@@H]1CN(C(=O)Cn2cc(C(F)(F)F)cc(Cl)c2=O)c2ccccc2O1. The molecule has 29 heavy (non-hydrogen) atoms. The van der Waals surface area contributed by atoms with Crippen LogP contribution in [0.25, 0.3) is 0 Å². The number of benzene rings is 1. The van der Waals surface area contributed by atoms with Crippen molar-refractivity contribution in [1.29, 1.82) is 0 Å². The largest absolute Gasteiger partial charge is 0.475 e. The molecule has 0 saturated heterocycles. The fourth-order valence-electron chi connectivity index (χ4n) is 2.83. The molecule has 1 aromatic carbocycles. The Balaban J connectivity index is 1.95. The molecule has 7 nitrogen and oxygen atoms in total. The van der Waals surface area contributed by atoms with Crippen molar-refractivity contribution in [3.63, 3.8) is 0 Å². The molecule has 154 valence electrons. The van der Waals surface area contributed by atoms with Crippen LogP contribution in [0.4, 0.5) is 18.9 Å². The maximum atomic E-state index is 13.0. The number of hydrogen-bond donors (Lipinski definition) is 0. The summed E-state index contributed by atoms with van der Waals surface area (Å²) in [4.78, 5) is 38.0. The normalized spacial score (nSPS) is 16.0. The highest BCUT2D eigenvalue weighted by molar-refractivity contribution is 6.30. The summed E-state index contributed by atoms with van der Waals surface area (Å²) in [6.07, 6.45) is -5.35. The summed E-state index contributed by atoms with van der Waals surface area (Å²) >= 11 is 5.62. The molecule has 0 aliphatic carbocycles. The number of amides is 1. The molecule has 3 rings (SSSR count). The highest BCUT2D eigenvalue weighted by Gasteiger charge is 2.35. The first-order valence-corrected chi connectivity index (χ1v) is 8.60. The minimum absolute atomic E-state index is 0.219. The lowest BCUT2D eigenvalue weighted by atomic mass is 10.2. The molecule has 1 atom stereocenters. The Hall–Kier alpha value is -3.01. The molecule has 0 fully saturated rings. The second kappa shape index (κ2) is 7.78. The van der Waals surface area contributed by atoms with Crippen LogP contribution in [0, 0.1) is 0 Å². The second-order valence-electron chi connectivity index (χ2n) is 6.11. The van der Waals surface area contributed by atoms with Gasteiger partial charge in [0.15, 0.2) is 0 Å². The molecule has 0 saturated carbocycles. The minimum atomic E-state index is -4.75. The molecule has 1 aliphatic rings. The van der Waals surface area contributed by atoms with E-state index in [0.29, 0.717) is 22.5 Å². The lowest BCUT2D eigenvalue weighted by molar-refractivity contribution is -0.148. The Morgan fingerprint density at radius 1 is 1.31 bits per heavy atom. The van der Waals surface area contributed by atoms with Gasteiger partial charge in [-0.25, -0.2) is 4.79 Å². The summed E-state index contributed by atoms with van der Waals surface area (Å²) in [5, 5.41) is -0.664. The van der Waals surface area contributed by atoms with Crippen molar-refractivity contribution in [2.45, 2.75) is 18.8 Å². The zero-order chi connectivity index (χ0) is 21.3. The van der Waals surface area contributed by atoms with E-state index in [1.807, 2.05) is 0 Å². The summed E-state index contributed by atoms with van der Waals surface area (Å²) in [5.41, 5.74) is -1.80. The maximum Gasteiger partial charge on any atom is 0.417 e. The summed E-state index contributed by atoms with van der Waals surface area (Å²) in [6, 6.07) is 6.81. The Morgan fingerprint density at radius 3 is 2.66 bits per heavy atom. The molecular formula is C18H14ClF3N2O5. The predicted molar refractivity (Wildman–Crippen MR) is 95.9 cm³/mol. The van der Waals surface area contributed by atoms with Gasteiger partial charge in [0.1, 0.15) is 17.3 Å². The molecule has 1 amide bonds. The summed E-state index contributed by atoms with van der Waals surface area (Å²) < 4.78 is 49.8. The van der Waals surface area contributed by atoms with Gasteiger partial charge in [0.25, 0.3) is 5.56 Å². The number of rotatable bonds is 3.